The topological polar surface area (TPSA) is 42.7 Å². The standard InChI is InChI=1S/C18H18F2N4/c1-12(15-10-22-24(2)11-15)23-18(14-4-3-7-21-9-14)13-5-6-16(19)17(20)8-13/h3-12,18,23H,1-2H3/t12-,18-/m1/s1. The van der Waals surface area contributed by atoms with E-state index < -0.39 is 11.6 Å². The van der Waals surface area contributed by atoms with Gasteiger partial charge < -0.3 is 0 Å². The van der Waals surface area contributed by atoms with Crippen LogP contribution in [0.15, 0.2) is 55.1 Å². The molecule has 0 unspecified atom stereocenters. The van der Waals surface area contributed by atoms with Gasteiger partial charge in [0.15, 0.2) is 11.6 Å². The Balaban J connectivity index is 1.94. The number of nitrogens with one attached hydrogen (secondary N) is 1. The van der Waals surface area contributed by atoms with Crippen LogP contribution in [0, 0.1) is 11.6 Å². The van der Waals surface area contributed by atoms with Gasteiger partial charge in [0.2, 0.25) is 0 Å². The molecule has 0 aliphatic heterocycles. The van der Waals surface area contributed by atoms with Crippen molar-refractivity contribution in [2.24, 2.45) is 7.05 Å². The second kappa shape index (κ2) is 6.88. The second-order valence-corrected chi connectivity index (χ2v) is 5.73. The molecule has 2 atom stereocenters. The molecule has 3 aromatic rings. The van der Waals surface area contributed by atoms with Crippen molar-refractivity contribution in [3.05, 3.63) is 83.4 Å². The summed E-state index contributed by atoms with van der Waals surface area (Å²) in [4.78, 5) is 4.13. The van der Waals surface area contributed by atoms with Crippen LogP contribution in [0.3, 0.4) is 0 Å². The molecule has 2 heterocycles. The van der Waals surface area contributed by atoms with Crippen molar-refractivity contribution in [3.8, 4) is 0 Å². The van der Waals surface area contributed by atoms with Crippen LogP contribution in [0.4, 0.5) is 8.78 Å². The molecule has 6 heteroatoms. The minimum atomic E-state index is -0.864. The Labute approximate surface area is 139 Å². The number of halogens is 2. The monoisotopic (exact) mass is 328 g/mol. The number of pyridine rings is 1. The molecular formula is C18H18F2N4. The normalized spacial score (nSPS) is 13.7. The molecular weight excluding hydrogens is 310 g/mol. The van der Waals surface area contributed by atoms with Gasteiger partial charge in [-0.25, -0.2) is 8.78 Å². The zero-order valence-electron chi connectivity index (χ0n) is 13.4. The molecule has 0 saturated carbocycles. The van der Waals surface area contributed by atoms with E-state index in [1.54, 1.807) is 29.3 Å². The lowest BCUT2D eigenvalue weighted by Gasteiger charge is -2.23. The van der Waals surface area contributed by atoms with E-state index in [-0.39, 0.29) is 12.1 Å². The predicted octanol–water partition coefficient (Wildman–Crippen LogP) is 3.53. The van der Waals surface area contributed by atoms with Crippen molar-refractivity contribution in [2.75, 3.05) is 0 Å². The van der Waals surface area contributed by atoms with Crippen LogP contribution in [0.25, 0.3) is 0 Å². The third kappa shape index (κ3) is 3.49. The third-order valence-electron chi connectivity index (χ3n) is 3.94. The van der Waals surface area contributed by atoms with Gasteiger partial charge in [-0.15, -0.1) is 0 Å². The lowest BCUT2D eigenvalue weighted by atomic mass is 9.98. The number of nitrogens with zero attached hydrogens (tertiary/aromatic N) is 3. The average molecular weight is 328 g/mol. The Hall–Kier alpha value is -2.60. The van der Waals surface area contributed by atoms with Crippen molar-refractivity contribution in [3.63, 3.8) is 0 Å². The van der Waals surface area contributed by atoms with E-state index in [2.05, 4.69) is 15.4 Å². The summed E-state index contributed by atoms with van der Waals surface area (Å²) in [5.74, 6) is -1.72. The summed E-state index contributed by atoms with van der Waals surface area (Å²) >= 11 is 0. The Morgan fingerprint density at radius 2 is 1.88 bits per heavy atom. The summed E-state index contributed by atoms with van der Waals surface area (Å²) < 4.78 is 28.7. The molecule has 124 valence electrons. The van der Waals surface area contributed by atoms with Gasteiger partial charge in [-0.05, 0) is 36.2 Å². The van der Waals surface area contributed by atoms with E-state index in [1.807, 2.05) is 32.3 Å². The smallest absolute Gasteiger partial charge is 0.159 e. The fourth-order valence-corrected chi connectivity index (χ4v) is 2.63. The van der Waals surface area contributed by atoms with Gasteiger partial charge in [0.25, 0.3) is 0 Å². The van der Waals surface area contributed by atoms with E-state index in [9.17, 15) is 8.78 Å². The summed E-state index contributed by atoms with van der Waals surface area (Å²) in [5, 5.41) is 7.61. The molecule has 0 fully saturated rings. The van der Waals surface area contributed by atoms with Crippen LogP contribution < -0.4 is 5.32 Å². The van der Waals surface area contributed by atoms with Crippen molar-refractivity contribution < 1.29 is 8.78 Å². The summed E-state index contributed by atoms with van der Waals surface area (Å²) in [6.07, 6.45) is 7.09. The van der Waals surface area contributed by atoms with Gasteiger partial charge in [-0.3, -0.25) is 15.0 Å². The first-order chi connectivity index (χ1) is 11.5. The van der Waals surface area contributed by atoms with Crippen LogP contribution >= 0.6 is 0 Å². The molecule has 2 aromatic heterocycles. The predicted molar refractivity (Wildman–Crippen MR) is 87.2 cm³/mol. The maximum Gasteiger partial charge on any atom is 0.159 e. The third-order valence-corrected chi connectivity index (χ3v) is 3.94. The van der Waals surface area contributed by atoms with Crippen molar-refractivity contribution in [2.45, 2.75) is 19.0 Å². The van der Waals surface area contributed by atoms with E-state index in [0.717, 1.165) is 17.2 Å². The van der Waals surface area contributed by atoms with E-state index in [4.69, 9.17) is 0 Å². The molecule has 24 heavy (non-hydrogen) atoms. The molecule has 0 saturated heterocycles. The minimum absolute atomic E-state index is 0.0305. The Kier molecular flexibility index (Phi) is 4.66. The quantitative estimate of drug-likeness (QED) is 0.779. The fourth-order valence-electron chi connectivity index (χ4n) is 2.63. The first-order valence-corrected chi connectivity index (χ1v) is 7.64. The van der Waals surface area contributed by atoms with Crippen molar-refractivity contribution in [1.29, 1.82) is 0 Å². The fraction of sp³-hybridized carbons (Fsp3) is 0.222. The zero-order chi connectivity index (χ0) is 17.1. The molecule has 0 amide bonds. The lowest BCUT2D eigenvalue weighted by molar-refractivity contribution is 0.491. The molecule has 0 bridgehead atoms. The number of hydrogen-bond acceptors (Lipinski definition) is 3. The number of aromatic nitrogens is 3. The van der Waals surface area contributed by atoms with E-state index in [1.165, 1.54) is 6.07 Å². The number of benzene rings is 1. The number of rotatable bonds is 5. The summed E-state index contributed by atoms with van der Waals surface area (Å²) in [5.41, 5.74) is 2.52. The minimum Gasteiger partial charge on any atom is -0.299 e. The molecule has 3 rings (SSSR count). The molecule has 1 N–H and O–H groups in total. The summed E-state index contributed by atoms with van der Waals surface area (Å²) in [6.45, 7) is 2.00. The maximum atomic E-state index is 13.7. The van der Waals surface area contributed by atoms with E-state index in [0.29, 0.717) is 5.56 Å². The largest absolute Gasteiger partial charge is 0.299 e. The Morgan fingerprint density at radius 1 is 1.04 bits per heavy atom. The van der Waals surface area contributed by atoms with E-state index >= 15 is 0 Å². The molecule has 0 aliphatic rings. The SMILES string of the molecule is C[C@@H](N[C@@H](c1cccnc1)c1ccc(F)c(F)c1)c1cnn(C)c1. The maximum absolute atomic E-state index is 13.7. The van der Waals surface area contributed by atoms with Crippen LogP contribution in [-0.2, 0) is 7.05 Å². The van der Waals surface area contributed by atoms with Crippen LogP contribution in [0.5, 0.6) is 0 Å². The van der Waals surface area contributed by atoms with Gasteiger partial charge in [-0.2, -0.15) is 5.10 Å². The van der Waals surface area contributed by atoms with Crippen LogP contribution in [0.1, 0.15) is 35.7 Å². The highest BCUT2D eigenvalue weighted by Gasteiger charge is 2.19. The van der Waals surface area contributed by atoms with Gasteiger partial charge >= 0.3 is 0 Å². The first-order valence-electron chi connectivity index (χ1n) is 7.64. The molecule has 1 aromatic carbocycles. The second-order valence-electron chi connectivity index (χ2n) is 5.73. The number of hydrogen-bond donors (Lipinski definition) is 1. The highest BCUT2D eigenvalue weighted by molar-refractivity contribution is 5.31. The Bertz CT molecular complexity index is 817. The van der Waals surface area contributed by atoms with Crippen LogP contribution in [-0.4, -0.2) is 14.8 Å². The zero-order valence-corrected chi connectivity index (χ0v) is 13.4. The highest BCUT2D eigenvalue weighted by atomic mass is 19.2. The molecule has 0 aliphatic carbocycles. The van der Waals surface area contributed by atoms with Gasteiger partial charge in [0, 0.05) is 37.2 Å². The van der Waals surface area contributed by atoms with Crippen LogP contribution in [0.2, 0.25) is 0 Å². The molecule has 4 nitrogen and oxygen atoms in total. The average Bonchev–Trinajstić information content (AvgIpc) is 3.02. The molecule has 0 spiro atoms. The van der Waals surface area contributed by atoms with Crippen molar-refractivity contribution >= 4 is 0 Å². The summed E-state index contributed by atoms with van der Waals surface area (Å²) in [7, 11) is 1.85. The number of aryl methyl sites for hydroxylation is 1. The lowest BCUT2D eigenvalue weighted by Crippen LogP contribution is -2.25. The molecule has 0 radical (unpaired) electrons. The van der Waals surface area contributed by atoms with Crippen molar-refractivity contribution in [1.82, 2.24) is 20.1 Å². The van der Waals surface area contributed by atoms with Gasteiger partial charge in [0.05, 0.1) is 12.2 Å². The Morgan fingerprint density at radius 3 is 2.50 bits per heavy atom. The van der Waals surface area contributed by atoms with Gasteiger partial charge in [-0.1, -0.05) is 12.1 Å². The summed E-state index contributed by atoms with van der Waals surface area (Å²) in [6, 6.07) is 7.32. The van der Waals surface area contributed by atoms with Gasteiger partial charge in [0.1, 0.15) is 0 Å². The first kappa shape index (κ1) is 16.3. The highest BCUT2D eigenvalue weighted by Crippen LogP contribution is 2.26.